The average Bonchev–Trinajstić information content (AvgIpc) is 2.64. The molecule has 0 aromatic heterocycles. The molecule has 0 heterocycles. The molecule has 1 nitrogen and oxygen atoms in total. The Morgan fingerprint density at radius 2 is 1.50 bits per heavy atom. The highest BCUT2D eigenvalue weighted by Gasteiger charge is 2.59. The van der Waals surface area contributed by atoms with E-state index in [-0.39, 0.29) is 22.6 Å². The minimum atomic E-state index is -5.74. The van der Waals surface area contributed by atoms with Crippen molar-refractivity contribution in [1.82, 2.24) is 0 Å². The van der Waals surface area contributed by atoms with Crippen molar-refractivity contribution in [3.8, 4) is 22.6 Å². The van der Waals surface area contributed by atoms with Crippen molar-refractivity contribution in [2.24, 2.45) is 0 Å². The Hall–Kier alpha value is -2.48. The first-order valence-electron chi connectivity index (χ1n) is 7.87. The van der Waals surface area contributed by atoms with Gasteiger partial charge in [-0.2, -0.15) is 22.0 Å². The van der Waals surface area contributed by atoms with Crippen molar-refractivity contribution in [1.29, 1.82) is 0 Å². The van der Waals surface area contributed by atoms with E-state index in [0.29, 0.717) is 4.47 Å². The molecule has 0 saturated heterocycles. The minimum absolute atomic E-state index is 0.0763. The van der Waals surface area contributed by atoms with E-state index in [4.69, 9.17) is 4.74 Å². The third kappa shape index (κ3) is 4.01. The SMILES string of the molecule is Fc1ccc(Br)cc1Oc1cccc(-c2ccccc2C(F)(F)C(F)(F)F)c1. The number of benzene rings is 3. The molecule has 0 aliphatic heterocycles. The van der Waals surface area contributed by atoms with E-state index < -0.39 is 23.5 Å². The number of rotatable bonds is 4. The first-order chi connectivity index (χ1) is 13.1. The lowest BCUT2D eigenvalue weighted by Crippen LogP contribution is -2.34. The fourth-order valence-corrected chi connectivity index (χ4v) is 2.91. The van der Waals surface area contributed by atoms with Gasteiger partial charge in [0.05, 0.1) is 0 Å². The van der Waals surface area contributed by atoms with Gasteiger partial charge < -0.3 is 4.74 Å². The smallest absolute Gasteiger partial charge is 0.454 e. The van der Waals surface area contributed by atoms with Gasteiger partial charge in [0.25, 0.3) is 0 Å². The van der Waals surface area contributed by atoms with Gasteiger partial charge in [-0.15, -0.1) is 0 Å². The molecule has 8 heteroatoms. The van der Waals surface area contributed by atoms with Crippen LogP contribution in [0.15, 0.2) is 71.2 Å². The van der Waals surface area contributed by atoms with Crippen LogP contribution in [0.4, 0.5) is 26.3 Å². The standard InChI is InChI=1S/C20H11BrF6O/c21-13-8-9-17(22)18(11-13)28-14-5-3-4-12(10-14)15-6-1-2-7-16(15)19(23,24)20(25,26)27/h1-11H. The summed E-state index contributed by atoms with van der Waals surface area (Å²) in [7, 11) is 0. The Morgan fingerprint density at radius 1 is 0.786 bits per heavy atom. The van der Waals surface area contributed by atoms with Gasteiger partial charge in [0.1, 0.15) is 5.75 Å². The molecule has 0 atom stereocenters. The Bertz CT molecular complexity index is 1000. The van der Waals surface area contributed by atoms with Crippen molar-refractivity contribution in [3.63, 3.8) is 0 Å². The second-order valence-corrected chi connectivity index (χ2v) is 6.74. The molecule has 146 valence electrons. The fraction of sp³-hybridized carbons (Fsp3) is 0.100. The lowest BCUT2D eigenvalue weighted by Gasteiger charge is -2.22. The maximum Gasteiger partial charge on any atom is 0.458 e. The van der Waals surface area contributed by atoms with Crippen LogP contribution in [-0.4, -0.2) is 6.18 Å². The summed E-state index contributed by atoms with van der Waals surface area (Å²) >= 11 is 3.17. The third-order valence-electron chi connectivity index (χ3n) is 3.89. The number of ether oxygens (including phenoxy) is 1. The molecule has 0 radical (unpaired) electrons. The summed E-state index contributed by atoms with van der Waals surface area (Å²) in [6.45, 7) is 0. The van der Waals surface area contributed by atoms with Gasteiger partial charge in [0, 0.05) is 10.0 Å². The molecule has 0 bridgehead atoms. The number of hydrogen-bond acceptors (Lipinski definition) is 1. The summed E-state index contributed by atoms with van der Waals surface area (Å²) in [5.41, 5.74) is -1.40. The lowest BCUT2D eigenvalue weighted by molar-refractivity contribution is -0.289. The second-order valence-electron chi connectivity index (χ2n) is 5.82. The van der Waals surface area contributed by atoms with Gasteiger partial charge in [0.15, 0.2) is 11.6 Å². The summed E-state index contributed by atoms with van der Waals surface area (Å²) in [5, 5.41) is 0. The van der Waals surface area contributed by atoms with Crippen LogP contribution in [-0.2, 0) is 5.92 Å². The van der Waals surface area contributed by atoms with Crippen molar-refractivity contribution in [3.05, 3.63) is 82.6 Å². The molecule has 0 N–H and O–H groups in total. The number of hydrogen-bond donors (Lipinski definition) is 0. The van der Waals surface area contributed by atoms with Crippen LogP contribution in [0.5, 0.6) is 11.5 Å². The molecule has 3 aromatic rings. The Balaban J connectivity index is 2.03. The third-order valence-corrected chi connectivity index (χ3v) is 4.38. The monoisotopic (exact) mass is 460 g/mol. The van der Waals surface area contributed by atoms with E-state index in [0.717, 1.165) is 18.2 Å². The molecule has 0 amide bonds. The van der Waals surface area contributed by atoms with Gasteiger partial charge >= 0.3 is 12.1 Å². The van der Waals surface area contributed by atoms with Crippen LogP contribution in [0, 0.1) is 5.82 Å². The maximum absolute atomic E-state index is 13.9. The van der Waals surface area contributed by atoms with E-state index in [1.807, 2.05) is 0 Å². The Kier molecular flexibility index (Phi) is 5.43. The van der Waals surface area contributed by atoms with E-state index >= 15 is 0 Å². The number of halogens is 7. The molecule has 0 aliphatic carbocycles. The van der Waals surface area contributed by atoms with Crippen molar-refractivity contribution in [2.75, 3.05) is 0 Å². The Morgan fingerprint density at radius 3 is 2.21 bits per heavy atom. The van der Waals surface area contributed by atoms with Crippen molar-refractivity contribution >= 4 is 15.9 Å². The molecule has 0 fully saturated rings. The molecule has 28 heavy (non-hydrogen) atoms. The summed E-state index contributed by atoms with van der Waals surface area (Å²) in [5.74, 6) is -5.73. The molecule has 0 saturated carbocycles. The zero-order chi connectivity index (χ0) is 20.5. The molecule has 0 spiro atoms. The quantitative estimate of drug-likeness (QED) is 0.362. The van der Waals surface area contributed by atoms with Gasteiger partial charge in [-0.05, 0) is 41.5 Å². The summed E-state index contributed by atoms with van der Waals surface area (Å²) in [4.78, 5) is 0. The van der Waals surface area contributed by atoms with Crippen LogP contribution in [0.3, 0.4) is 0 Å². The zero-order valence-corrected chi connectivity index (χ0v) is 15.5. The van der Waals surface area contributed by atoms with Crippen molar-refractivity contribution < 1.29 is 31.1 Å². The van der Waals surface area contributed by atoms with Crippen LogP contribution in [0.25, 0.3) is 11.1 Å². The largest absolute Gasteiger partial charge is 0.458 e. The maximum atomic E-state index is 13.9. The average molecular weight is 461 g/mol. The molecular weight excluding hydrogens is 450 g/mol. The summed E-state index contributed by atoms with van der Waals surface area (Å²) in [6.07, 6.45) is -5.74. The van der Waals surface area contributed by atoms with E-state index in [9.17, 15) is 26.3 Å². The van der Waals surface area contributed by atoms with Gasteiger partial charge in [-0.1, -0.05) is 52.3 Å². The second kappa shape index (κ2) is 7.50. The Labute approximate surface area is 164 Å². The van der Waals surface area contributed by atoms with Crippen LogP contribution >= 0.6 is 15.9 Å². The lowest BCUT2D eigenvalue weighted by atomic mass is 9.95. The van der Waals surface area contributed by atoms with Gasteiger partial charge in [-0.3, -0.25) is 0 Å². The van der Waals surface area contributed by atoms with Gasteiger partial charge in [0.2, 0.25) is 0 Å². The first kappa shape index (κ1) is 20.3. The van der Waals surface area contributed by atoms with Crippen LogP contribution in [0.2, 0.25) is 0 Å². The highest BCUT2D eigenvalue weighted by atomic mass is 79.9. The van der Waals surface area contributed by atoms with Crippen LogP contribution < -0.4 is 4.74 Å². The number of alkyl halides is 5. The minimum Gasteiger partial charge on any atom is -0.454 e. The predicted molar refractivity (Wildman–Crippen MR) is 96.0 cm³/mol. The normalized spacial score (nSPS) is 12.1. The molecule has 0 unspecified atom stereocenters. The molecular formula is C20H11BrF6O. The van der Waals surface area contributed by atoms with E-state index in [1.165, 1.54) is 48.5 Å². The van der Waals surface area contributed by atoms with Gasteiger partial charge in [-0.25, -0.2) is 4.39 Å². The van der Waals surface area contributed by atoms with E-state index in [2.05, 4.69) is 15.9 Å². The first-order valence-corrected chi connectivity index (χ1v) is 8.66. The summed E-state index contributed by atoms with van der Waals surface area (Å²) < 4.78 is 86.3. The predicted octanol–water partition coefficient (Wildman–Crippen LogP) is 7.70. The highest BCUT2D eigenvalue weighted by Crippen LogP contribution is 2.47. The highest BCUT2D eigenvalue weighted by molar-refractivity contribution is 9.10. The molecule has 3 rings (SSSR count). The molecule has 0 aliphatic rings. The summed E-state index contributed by atoms with van der Waals surface area (Å²) in [6, 6.07) is 13.9. The fourth-order valence-electron chi connectivity index (χ4n) is 2.57. The van der Waals surface area contributed by atoms with Crippen molar-refractivity contribution in [2.45, 2.75) is 12.1 Å². The topological polar surface area (TPSA) is 9.23 Å². The zero-order valence-electron chi connectivity index (χ0n) is 13.9. The van der Waals surface area contributed by atoms with E-state index in [1.54, 1.807) is 0 Å². The van der Waals surface area contributed by atoms with Crippen LogP contribution in [0.1, 0.15) is 5.56 Å². The molecule has 3 aromatic carbocycles.